The molecule has 2 radical (unpaired) electrons. The summed E-state index contributed by atoms with van der Waals surface area (Å²) in [4.78, 5) is 0. The summed E-state index contributed by atoms with van der Waals surface area (Å²) in [6.07, 6.45) is 4.94. The molecule has 1 unspecified atom stereocenters. The van der Waals surface area contributed by atoms with Crippen LogP contribution in [0.3, 0.4) is 0 Å². The van der Waals surface area contributed by atoms with Crippen molar-refractivity contribution in [3.05, 3.63) is 65.2 Å². The fourth-order valence-corrected chi connectivity index (χ4v) is 4.28. The van der Waals surface area contributed by atoms with E-state index in [2.05, 4.69) is 68.5 Å². The van der Waals surface area contributed by atoms with Crippen molar-refractivity contribution in [2.45, 2.75) is 32.6 Å². The third-order valence-corrected chi connectivity index (χ3v) is 5.39. The highest BCUT2D eigenvalue weighted by molar-refractivity contribution is 6.68. The molecular formula is C19H20Si. The quantitative estimate of drug-likeness (QED) is 0.748. The maximum absolute atomic E-state index is 2.42. The standard InChI is InChI=1S/C19H20Si/c1-3-8-16-14(2)13-18-17(16)11-7-12-19(18)20-15-9-5-4-6-10-15/h4-7,9-13,16H,3,8H2,1-2H3. The van der Waals surface area contributed by atoms with E-state index in [1.54, 1.807) is 5.56 Å². The Balaban J connectivity index is 1.95. The van der Waals surface area contributed by atoms with Crippen molar-refractivity contribution in [3.63, 3.8) is 0 Å². The maximum Gasteiger partial charge on any atom is 0.122 e. The van der Waals surface area contributed by atoms with Crippen LogP contribution in [0.2, 0.25) is 0 Å². The summed E-state index contributed by atoms with van der Waals surface area (Å²) >= 11 is 0. The average Bonchev–Trinajstić information content (AvgIpc) is 2.78. The van der Waals surface area contributed by atoms with Crippen LogP contribution >= 0.6 is 0 Å². The largest absolute Gasteiger partial charge is 0.122 e. The fourth-order valence-electron chi connectivity index (χ4n) is 3.08. The van der Waals surface area contributed by atoms with Crippen molar-refractivity contribution >= 4 is 26.0 Å². The van der Waals surface area contributed by atoms with E-state index >= 15 is 0 Å². The number of benzene rings is 2. The zero-order chi connectivity index (χ0) is 13.9. The van der Waals surface area contributed by atoms with Crippen LogP contribution in [0.25, 0.3) is 6.08 Å². The molecule has 0 fully saturated rings. The highest BCUT2D eigenvalue weighted by atomic mass is 28.2. The highest BCUT2D eigenvalue weighted by Crippen LogP contribution is 2.37. The van der Waals surface area contributed by atoms with E-state index in [1.165, 1.54) is 34.4 Å². The van der Waals surface area contributed by atoms with Crippen molar-refractivity contribution < 1.29 is 0 Å². The minimum Gasteiger partial charge on any atom is -0.0653 e. The molecule has 0 heterocycles. The van der Waals surface area contributed by atoms with Crippen molar-refractivity contribution in [2.24, 2.45) is 0 Å². The van der Waals surface area contributed by atoms with Gasteiger partial charge in [0.15, 0.2) is 0 Å². The molecule has 0 amide bonds. The van der Waals surface area contributed by atoms with Gasteiger partial charge in [0, 0.05) is 5.92 Å². The molecule has 0 saturated carbocycles. The summed E-state index contributed by atoms with van der Waals surface area (Å²) in [6, 6.07) is 17.7. The zero-order valence-corrected chi connectivity index (χ0v) is 13.2. The van der Waals surface area contributed by atoms with E-state index in [1.807, 2.05) is 0 Å². The Kier molecular flexibility index (Phi) is 3.88. The number of fused-ring (bicyclic) bond motifs is 1. The van der Waals surface area contributed by atoms with Crippen molar-refractivity contribution in [3.8, 4) is 0 Å². The molecule has 1 aliphatic carbocycles. The Morgan fingerprint density at radius 3 is 2.55 bits per heavy atom. The molecule has 2 aromatic rings. The van der Waals surface area contributed by atoms with Crippen molar-refractivity contribution in [1.29, 1.82) is 0 Å². The summed E-state index contributed by atoms with van der Waals surface area (Å²) in [5.74, 6) is 0.649. The zero-order valence-electron chi connectivity index (χ0n) is 12.2. The topological polar surface area (TPSA) is 0 Å². The Hall–Kier alpha value is -1.60. The Labute approximate surface area is 124 Å². The van der Waals surface area contributed by atoms with E-state index in [9.17, 15) is 0 Å². The molecule has 0 nitrogen and oxygen atoms in total. The minimum atomic E-state index is 0.649. The van der Waals surface area contributed by atoms with Gasteiger partial charge >= 0.3 is 0 Å². The van der Waals surface area contributed by atoms with E-state index in [0.29, 0.717) is 5.92 Å². The molecule has 2 aromatic carbocycles. The number of rotatable bonds is 4. The summed E-state index contributed by atoms with van der Waals surface area (Å²) in [5, 5.41) is 2.91. The van der Waals surface area contributed by atoms with Crippen LogP contribution in [0.1, 0.15) is 43.7 Å². The average molecular weight is 276 g/mol. The third-order valence-electron chi connectivity index (χ3n) is 4.07. The molecule has 20 heavy (non-hydrogen) atoms. The van der Waals surface area contributed by atoms with E-state index in [-0.39, 0.29) is 0 Å². The summed E-state index contributed by atoms with van der Waals surface area (Å²) in [5.41, 5.74) is 4.57. The van der Waals surface area contributed by atoms with Gasteiger partial charge in [-0.15, -0.1) is 0 Å². The van der Waals surface area contributed by atoms with Gasteiger partial charge in [-0.3, -0.25) is 0 Å². The minimum absolute atomic E-state index is 0.649. The first-order valence-electron chi connectivity index (χ1n) is 7.42. The summed E-state index contributed by atoms with van der Waals surface area (Å²) < 4.78 is 0. The van der Waals surface area contributed by atoms with Crippen LogP contribution in [0.4, 0.5) is 0 Å². The Morgan fingerprint density at radius 1 is 1.00 bits per heavy atom. The van der Waals surface area contributed by atoms with Gasteiger partial charge in [0.1, 0.15) is 9.52 Å². The molecule has 0 bridgehead atoms. The van der Waals surface area contributed by atoms with Gasteiger partial charge in [-0.25, -0.2) is 0 Å². The van der Waals surface area contributed by atoms with Crippen LogP contribution in [0.5, 0.6) is 0 Å². The van der Waals surface area contributed by atoms with Crippen LogP contribution in [-0.2, 0) is 0 Å². The van der Waals surface area contributed by atoms with Gasteiger partial charge in [-0.2, -0.15) is 0 Å². The SMILES string of the molecule is CCCC1C(C)=Cc2c([Si]c3ccccc3)cccc21. The Morgan fingerprint density at radius 2 is 1.80 bits per heavy atom. The van der Waals surface area contributed by atoms with E-state index in [4.69, 9.17) is 0 Å². The van der Waals surface area contributed by atoms with Gasteiger partial charge in [0.05, 0.1) is 0 Å². The highest BCUT2D eigenvalue weighted by Gasteiger charge is 2.23. The number of hydrogen-bond acceptors (Lipinski definition) is 0. The van der Waals surface area contributed by atoms with Gasteiger partial charge in [0.2, 0.25) is 0 Å². The lowest BCUT2D eigenvalue weighted by Crippen LogP contribution is -2.29. The van der Waals surface area contributed by atoms with Gasteiger partial charge in [0.25, 0.3) is 0 Å². The van der Waals surface area contributed by atoms with Crippen LogP contribution in [0, 0.1) is 0 Å². The summed E-state index contributed by atoms with van der Waals surface area (Å²) in [6.45, 7) is 4.57. The number of allylic oxidation sites excluding steroid dienone is 1. The lowest BCUT2D eigenvalue weighted by atomic mass is 9.92. The maximum atomic E-state index is 2.42. The first-order valence-corrected chi connectivity index (χ1v) is 8.42. The van der Waals surface area contributed by atoms with Crippen LogP contribution in [-0.4, -0.2) is 9.52 Å². The fraction of sp³-hybridized carbons (Fsp3) is 0.263. The molecular weight excluding hydrogens is 256 g/mol. The van der Waals surface area contributed by atoms with E-state index < -0.39 is 0 Å². The van der Waals surface area contributed by atoms with Gasteiger partial charge in [-0.1, -0.05) is 83.9 Å². The lowest BCUT2D eigenvalue weighted by Gasteiger charge is -2.14. The second kappa shape index (κ2) is 5.80. The lowest BCUT2D eigenvalue weighted by molar-refractivity contribution is 0.698. The first-order chi connectivity index (χ1) is 9.79. The van der Waals surface area contributed by atoms with Crippen LogP contribution < -0.4 is 10.4 Å². The molecule has 0 saturated heterocycles. The van der Waals surface area contributed by atoms with Crippen molar-refractivity contribution in [1.82, 2.24) is 0 Å². The monoisotopic (exact) mass is 276 g/mol. The normalized spacial score (nSPS) is 16.9. The number of hydrogen-bond donors (Lipinski definition) is 0. The third kappa shape index (κ3) is 2.50. The molecule has 3 rings (SSSR count). The van der Waals surface area contributed by atoms with E-state index in [0.717, 1.165) is 9.52 Å². The van der Waals surface area contributed by atoms with Crippen LogP contribution in [0.15, 0.2) is 54.1 Å². The first kappa shape index (κ1) is 13.4. The second-order valence-electron chi connectivity index (χ2n) is 5.53. The van der Waals surface area contributed by atoms with Gasteiger partial charge < -0.3 is 0 Å². The molecule has 100 valence electrons. The molecule has 0 N–H and O–H groups in total. The molecule has 0 spiro atoms. The molecule has 0 aromatic heterocycles. The predicted molar refractivity (Wildman–Crippen MR) is 89.2 cm³/mol. The molecule has 1 atom stereocenters. The van der Waals surface area contributed by atoms with Crippen molar-refractivity contribution in [2.75, 3.05) is 0 Å². The summed E-state index contributed by atoms with van der Waals surface area (Å²) in [7, 11) is 0.756. The smallest absolute Gasteiger partial charge is 0.0653 e. The molecule has 0 aliphatic heterocycles. The second-order valence-corrected chi connectivity index (χ2v) is 6.90. The molecule has 1 heteroatoms. The predicted octanol–water partition coefficient (Wildman–Crippen LogP) is 3.64. The molecule has 1 aliphatic rings. The Bertz CT molecular complexity index is 625. The van der Waals surface area contributed by atoms with Gasteiger partial charge in [-0.05, 0) is 24.5 Å².